The second-order valence-electron chi connectivity index (χ2n) is 5.22. The van der Waals surface area contributed by atoms with E-state index in [9.17, 15) is 4.79 Å². The fourth-order valence-corrected chi connectivity index (χ4v) is 3.04. The van der Waals surface area contributed by atoms with Gasteiger partial charge in [-0.25, -0.2) is 0 Å². The van der Waals surface area contributed by atoms with Crippen molar-refractivity contribution in [3.8, 4) is 0 Å². The molecular weight excluding hydrogens is 224 g/mol. The SMILES string of the molecule is Cc1cc(/C=C/C(N)=O)c(C)n1C1CCCCC1. The molecule has 3 heteroatoms. The molecule has 0 spiro atoms. The van der Waals surface area contributed by atoms with Gasteiger partial charge in [-0.1, -0.05) is 19.3 Å². The Labute approximate surface area is 109 Å². The van der Waals surface area contributed by atoms with Crippen molar-refractivity contribution in [2.75, 3.05) is 0 Å². The Morgan fingerprint density at radius 3 is 2.61 bits per heavy atom. The average molecular weight is 246 g/mol. The van der Waals surface area contributed by atoms with Gasteiger partial charge in [-0.15, -0.1) is 0 Å². The predicted octanol–water partition coefficient (Wildman–Crippen LogP) is 3.11. The van der Waals surface area contributed by atoms with E-state index in [0.717, 1.165) is 5.56 Å². The minimum atomic E-state index is -0.391. The third-order valence-corrected chi connectivity index (χ3v) is 3.89. The molecule has 1 amide bonds. The van der Waals surface area contributed by atoms with Gasteiger partial charge in [-0.2, -0.15) is 0 Å². The van der Waals surface area contributed by atoms with Gasteiger partial charge in [-0.05, 0) is 44.4 Å². The largest absolute Gasteiger partial charge is 0.366 e. The first-order valence-electron chi connectivity index (χ1n) is 6.75. The number of primary amides is 1. The summed E-state index contributed by atoms with van der Waals surface area (Å²) >= 11 is 0. The molecule has 0 radical (unpaired) electrons. The summed E-state index contributed by atoms with van der Waals surface area (Å²) in [6, 6.07) is 2.78. The minimum absolute atomic E-state index is 0.391. The van der Waals surface area contributed by atoms with Gasteiger partial charge >= 0.3 is 0 Å². The zero-order valence-corrected chi connectivity index (χ0v) is 11.3. The van der Waals surface area contributed by atoms with Crippen LogP contribution in [0.4, 0.5) is 0 Å². The van der Waals surface area contributed by atoms with Crippen LogP contribution in [-0.2, 0) is 4.79 Å². The maximum Gasteiger partial charge on any atom is 0.241 e. The van der Waals surface area contributed by atoms with E-state index in [1.54, 1.807) is 0 Å². The molecule has 1 fully saturated rings. The van der Waals surface area contributed by atoms with Crippen molar-refractivity contribution < 1.29 is 4.79 Å². The highest BCUT2D eigenvalue weighted by atomic mass is 16.1. The van der Waals surface area contributed by atoms with Crippen molar-refractivity contribution in [2.45, 2.75) is 52.0 Å². The van der Waals surface area contributed by atoms with Crippen LogP contribution >= 0.6 is 0 Å². The molecule has 1 heterocycles. The first-order valence-corrected chi connectivity index (χ1v) is 6.75. The number of nitrogens with two attached hydrogens (primary N) is 1. The maximum absolute atomic E-state index is 10.8. The molecule has 3 nitrogen and oxygen atoms in total. The lowest BCUT2D eigenvalue weighted by molar-refractivity contribution is -0.113. The van der Waals surface area contributed by atoms with Gasteiger partial charge in [0.1, 0.15) is 0 Å². The summed E-state index contributed by atoms with van der Waals surface area (Å²) in [5, 5.41) is 0. The van der Waals surface area contributed by atoms with E-state index in [4.69, 9.17) is 5.73 Å². The molecule has 1 aromatic heterocycles. The highest BCUT2D eigenvalue weighted by molar-refractivity contribution is 5.90. The Morgan fingerprint density at radius 1 is 1.33 bits per heavy atom. The average Bonchev–Trinajstić information content (AvgIpc) is 2.63. The predicted molar refractivity (Wildman–Crippen MR) is 74.3 cm³/mol. The van der Waals surface area contributed by atoms with Crippen molar-refractivity contribution >= 4 is 12.0 Å². The standard InChI is InChI=1S/C15H22N2O/c1-11-10-13(8-9-15(16)18)12(2)17(11)14-6-4-3-5-7-14/h8-10,14H,3-7H2,1-2H3,(H2,16,18)/b9-8+. The molecule has 0 bridgehead atoms. The van der Waals surface area contributed by atoms with E-state index in [2.05, 4.69) is 24.5 Å². The summed E-state index contributed by atoms with van der Waals surface area (Å²) in [4.78, 5) is 10.8. The molecule has 1 saturated carbocycles. The number of rotatable bonds is 3. The van der Waals surface area contributed by atoms with E-state index >= 15 is 0 Å². The van der Waals surface area contributed by atoms with Crippen LogP contribution in [0.5, 0.6) is 0 Å². The van der Waals surface area contributed by atoms with Crippen LogP contribution in [0.3, 0.4) is 0 Å². The number of aryl methyl sites for hydroxylation is 1. The van der Waals surface area contributed by atoms with Gasteiger partial charge < -0.3 is 10.3 Å². The number of carbonyl (C=O) groups is 1. The molecule has 2 rings (SSSR count). The van der Waals surface area contributed by atoms with Crippen molar-refractivity contribution in [3.63, 3.8) is 0 Å². The summed E-state index contributed by atoms with van der Waals surface area (Å²) in [6.45, 7) is 4.27. The summed E-state index contributed by atoms with van der Waals surface area (Å²) in [5.74, 6) is -0.391. The lowest BCUT2D eigenvalue weighted by atomic mass is 9.95. The van der Waals surface area contributed by atoms with Gasteiger partial charge in [0.2, 0.25) is 5.91 Å². The van der Waals surface area contributed by atoms with E-state index in [1.807, 2.05) is 6.08 Å². The molecular formula is C15H22N2O. The minimum Gasteiger partial charge on any atom is -0.366 e. The van der Waals surface area contributed by atoms with Gasteiger partial charge in [0.05, 0.1) is 0 Å². The molecule has 0 aliphatic heterocycles. The third kappa shape index (κ3) is 2.66. The van der Waals surface area contributed by atoms with Gasteiger partial charge in [-0.3, -0.25) is 4.79 Å². The number of aromatic nitrogens is 1. The summed E-state index contributed by atoms with van der Waals surface area (Å²) in [6.07, 6.45) is 9.83. The van der Waals surface area contributed by atoms with Crippen LogP contribution in [0.25, 0.3) is 6.08 Å². The molecule has 0 atom stereocenters. The number of hydrogen-bond donors (Lipinski definition) is 1. The number of nitrogens with zero attached hydrogens (tertiary/aromatic N) is 1. The molecule has 18 heavy (non-hydrogen) atoms. The second kappa shape index (κ2) is 5.42. The molecule has 1 aliphatic carbocycles. The summed E-state index contributed by atoms with van der Waals surface area (Å²) in [7, 11) is 0. The molecule has 1 aliphatic rings. The van der Waals surface area contributed by atoms with Crippen LogP contribution in [0, 0.1) is 13.8 Å². The lowest BCUT2D eigenvalue weighted by Gasteiger charge is -2.26. The van der Waals surface area contributed by atoms with Crippen LogP contribution in [0.15, 0.2) is 12.1 Å². The summed E-state index contributed by atoms with van der Waals surface area (Å²) < 4.78 is 2.43. The molecule has 98 valence electrons. The normalized spacial score (nSPS) is 17.4. The molecule has 1 aromatic rings. The van der Waals surface area contributed by atoms with Crippen molar-refractivity contribution in [3.05, 3.63) is 29.1 Å². The van der Waals surface area contributed by atoms with Gasteiger partial charge in [0.25, 0.3) is 0 Å². The number of carbonyl (C=O) groups excluding carboxylic acids is 1. The fraction of sp³-hybridized carbons (Fsp3) is 0.533. The van der Waals surface area contributed by atoms with Crippen LogP contribution in [0.1, 0.15) is 55.1 Å². The van der Waals surface area contributed by atoms with Gasteiger partial charge in [0, 0.05) is 23.5 Å². The van der Waals surface area contributed by atoms with E-state index in [1.165, 1.54) is 49.6 Å². The van der Waals surface area contributed by atoms with Crippen LogP contribution in [-0.4, -0.2) is 10.5 Å². The first-order chi connectivity index (χ1) is 8.59. The monoisotopic (exact) mass is 246 g/mol. The van der Waals surface area contributed by atoms with Gasteiger partial charge in [0.15, 0.2) is 0 Å². The Bertz CT molecular complexity index is 465. The Balaban J connectivity index is 2.28. The molecule has 0 aromatic carbocycles. The number of amides is 1. The van der Waals surface area contributed by atoms with E-state index < -0.39 is 5.91 Å². The van der Waals surface area contributed by atoms with Crippen LogP contribution < -0.4 is 5.73 Å². The fourth-order valence-electron chi connectivity index (χ4n) is 3.04. The second-order valence-corrected chi connectivity index (χ2v) is 5.22. The Morgan fingerprint density at radius 2 is 2.00 bits per heavy atom. The van der Waals surface area contributed by atoms with Crippen LogP contribution in [0.2, 0.25) is 0 Å². The quantitative estimate of drug-likeness (QED) is 0.818. The van der Waals surface area contributed by atoms with Crippen molar-refractivity contribution in [1.29, 1.82) is 0 Å². The maximum atomic E-state index is 10.8. The first kappa shape index (κ1) is 12.9. The smallest absolute Gasteiger partial charge is 0.241 e. The number of hydrogen-bond acceptors (Lipinski definition) is 1. The zero-order chi connectivity index (χ0) is 13.1. The highest BCUT2D eigenvalue weighted by Gasteiger charge is 2.19. The highest BCUT2D eigenvalue weighted by Crippen LogP contribution is 2.32. The van der Waals surface area contributed by atoms with E-state index in [-0.39, 0.29) is 0 Å². The zero-order valence-electron chi connectivity index (χ0n) is 11.3. The van der Waals surface area contributed by atoms with Crippen molar-refractivity contribution in [1.82, 2.24) is 4.57 Å². The Kier molecular flexibility index (Phi) is 3.90. The Hall–Kier alpha value is -1.51. The molecule has 2 N–H and O–H groups in total. The summed E-state index contributed by atoms with van der Waals surface area (Å²) in [5.41, 5.74) is 8.78. The lowest BCUT2D eigenvalue weighted by Crippen LogP contribution is -2.15. The third-order valence-electron chi connectivity index (χ3n) is 3.89. The van der Waals surface area contributed by atoms with Crippen molar-refractivity contribution in [2.24, 2.45) is 5.73 Å². The topological polar surface area (TPSA) is 48.0 Å². The molecule has 0 unspecified atom stereocenters. The molecule has 0 saturated heterocycles. The van der Waals surface area contributed by atoms with E-state index in [0.29, 0.717) is 6.04 Å².